The van der Waals surface area contributed by atoms with Crippen molar-refractivity contribution in [1.29, 1.82) is 5.26 Å². The van der Waals surface area contributed by atoms with Gasteiger partial charge < -0.3 is 9.84 Å². The molecular formula is C13H10N2O2. The summed E-state index contributed by atoms with van der Waals surface area (Å²) in [6, 6.07) is 12.8. The zero-order chi connectivity index (χ0) is 12.1. The summed E-state index contributed by atoms with van der Waals surface area (Å²) in [4.78, 5) is 3.87. The van der Waals surface area contributed by atoms with Gasteiger partial charge in [-0.15, -0.1) is 0 Å². The number of pyridine rings is 1. The second-order valence-corrected chi connectivity index (χ2v) is 3.43. The molecule has 1 N–H and O–H groups in total. The Morgan fingerprint density at radius 3 is 2.71 bits per heavy atom. The summed E-state index contributed by atoms with van der Waals surface area (Å²) < 4.78 is 5.35. The summed E-state index contributed by atoms with van der Waals surface area (Å²) in [6.07, 6.45) is 1.36. The van der Waals surface area contributed by atoms with Gasteiger partial charge in [0.1, 0.15) is 12.7 Å². The lowest BCUT2D eigenvalue weighted by molar-refractivity contribution is 0.276. The molecular weight excluding hydrogens is 216 g/mol. The van der Waals surface area contributed by atoms with E-state index in [0.717, 1.165) is 5.56 Å². The van der Waals surface area contributed by atoms with Crippen LogP contribution in [0, 0.1) is 11.3 Å². The molecule has 4 nitrogen and oxygen atoms in total. The number of hydrogen-bond acceptors (Lipinski definition) is 4. The third-order valence-corrected chi connectivity index (χ3v) is 2.18. The molecule has 0 bridgehead atoms. The number of benzene rings is 1. The zero-order valence-electron chi connectivity index (χ0n) is 9.00. The van der Waals surface area contributed by atoms with Gasteiger partial charge in [0.05, 0.1) is 5.56 Å². The number of aromatic nitrogens is 1. The maximum Gasteiger partial charge on any atom is 0.257 e. The first-order chi connectivity index (χ1) is 8.29. The Hall–Kier alpha value is -2.54. The first kappa shape index (κ1) is 11.0. The quantitative estimate of drug-likeness (QED) is 0.871. The molecule has 0 saturated heterocycles. The molecule has 84 valence electrons. The lowest BCUT2D eigenvalue weighted by Gasteiger charge is -2.06. The van der Waals surface area contributed by atoms with Gasteiger partial charge in [-0.1, -0.05) is 30.3 Å². The van der Waals surface area contributed by atoms with Crippen LogP contribution in [0.25, 0.3) is 0 Å². The average Bonchev–Trinajstić information content (AvgIpc) is 2.38. The molecule has 0 amide bonds. The van der Waals surface area contributed by atoms with E-state index < -0.39 is 0 Å². The third-order valence-electron chi connectivity index (χ3n) is 2.18. The predicted molar refractivity (Wildman–Crippen MR) is 61.4 cm³/mol. The van der Waals surface area contributed by atoms with Crippen LogP contribution in [0.15, 0.2) is 42.6 Å². The number of nitriles is 1. The Morgan fingerprint density at radius 1 is 1.29 bits per heavy atom. The van der Waals surface area contributed by atoms with Crippen LogP contribution < -0.4 is 4.74 Å². The van der Waals surface area contributed by atoms with Crippen molar-refractivity contribution in [1.82, 2.24) is 4.98 Å². The van der Waals surface area contributed by atoms with Gasteiger partial charge in [0.25, 0.3) is 5.88 Å². The molecule has 2 aromatic rings. The Bertz CT molecular complexity index is 547. The minimum absolute atomic E-state index is 0.125. The van der Waals surface area contributed by atoms with Crippen molar-refractivity contribution in [2.24, 2.45) is 0 Å². The van der Waals surface area contributed by atoms with Gasteiger partial charge in [0.15, 0.2) is 5.75 Å². The fourth-order valence-corrected chi connectivity index (χ4v) is 1.34. The van der Waals surface area contributed by atoms with Gasteiger partial charge in [-0.2, -0.15) is 5.26 Å². The van der Waals surface area contributed by atoms with E-state index in [1.165, 1.54) is 12.3 Å². The molecule has 0 radical (unpaired) electrons. The molecule has 17 heavy (non-hydrogen) atoms. The van der Waals surface area contributed by atoms with E-state index in [0.29, 0.717) is 12.2 Å². The highest BCUT2D eigenvalue weighted by Crippen LogP contribution is 2.24. The standard InChI is InChI=1S/C13H10N2O2/c14-7-11-6-12(16)13(15-8-11)17-9-10-4-2-1-3-5-10/h1-6,8,16H,9H2. The van der Waals surface area contributed by atoms with E-state index in [1.807, 2.05) is 36.4 Å². The topological polar surface area (TPSA) is 66.1 Å². The van der Waals surface area contributed by atoms with Crippen LogP contribution in [0.5, 0.6) is 11.6 Å². The fourth-order valence-electron chi connectivity index (χ4n) is 1.34. The molecule has 0 aliphatic heterocycles. The van der Waals surface area contributed by atoms with Crippen LogP contribution in [0.4, 0.5) is 0 Å². The summed E-state index contributed by atoms with van der Waals surface area (Å²) in [5.41, 5.74) is 1.28. The molecule has 2 rings (SSSR count). The number of rotatable bonds is 3. The van der Waals surface area contributed by atoms with Crippen LogP contribution >= 0.6 is 0 Å². The van der Waals surface area contributed by atoms with Crippen molar-refractivity contribution in [2.45, 2.75) is 6.61 Å². The van der Waals surface area contributed by atoms with Crippen molar-refractivity contribution in [3.05, 3.63) is 53.7 Å². The highest BCUT2D eigenvalue weighted by Gasteiger charge is 2.05. The monoisotopic (exact) mass is 226 g/mol. The summed E-state index contributed by atoms with van der Waals surface area (Å²) in [7, 11) is 0. The number of ether oxygens (including phenoxy) is 1. The largest absolute Gasteiger partial charge is 0.503 e. The first-order valence-corrected chi connectivity index (χ1v) is 5.05. The molecule has 0 fully saturated rings. The minimum atomic E-state index is -0.125. The smallest absolute Gasteiger partial charge is 0.257 e. The van der Waals surface area contributed by atoms with E-state index in [2.05, 4.69) is 4.98 Å². The third kappa shape index (κ3) is 2.73. The summed E-state index contributed by atoms with van der Waals surface area (Å²) >= 11 is 0. The molecule has 0 unspecified atom stereocenters. The molecule has 1 aromatic heterocycles. The summed E-state index contributed by atoms with van der Waals surface area (Å²) in [5.74, 6) is 0.00725. The maximum atomic E-state index is 9.56. The van der Waals surface area contributed by atoms with Gasteiger partial charge in [0.2, 0.25) is 0 Å². The van der Waals surface area contributed by atoms with Crippen LogP contribution in [0.3, 0.4) is 0 Å². The highest BCUT2D eigenvalue weighted by molar-refractivity contribution is 5.39. The molecule has 1 aromatic carbocycles. The molecule has 0 aliphatic rings. The number of aromatic hydroxyl groups is 1. The summed E-state index contributed by atoms with van der Waals surface area (Å²) in [6.45, 7) is 0.327. The number of hydrogen-bond donors (Lipinski definition) is 1. The maximum absolute atomic E-state index is 9.56. The first-order valence-electron chi connectivity index (χ1n) is 5.05. The van der Waals surface area contributed by atoms with Crippen molar-refractivity contribution < 1.29 is 9.84 Å². The van der Waals surface area contributed by atoms with Gasteiger partial charge in [-0.3, -0.25) is 0 Å². The normalized spacial score (nSPS) is 9.59. The number of nitrogens with zero attached hydrogens (tertiary/aromatic N) is 2. The van der Waals surface area contributed by atoms with Crippen LogP contribution in [-0.2, 0) is 6.61 Å². The van der Waals surface area contributed by atoms with E-state index in [9.17, 15) is 5.11 Å². The van der Waals surface area contributed by atoms with Crippen molar-refractivity contribution in [2.75, 3.05) is 0 Å². The van der Waals surface area contributed by atoms with E-state index >= 15 is 0 Å². The van der Waals surface area contributed by atoms with Crippen molar-refractivity contribution in [3.63, 3.8) is 0 Å². The molecule has 0 aliphatic carbocycles. The van der Waals surface area contributed by atoms with Gasteiger partial charge in [0, 0.05) is 12.3 Å². The lowest BCUT2D eigenvalue weighted by Crippen LogP contribution is -1.97. The van der Waals surface area contributed by atoms with E-state index in [-0.39, 0.29) is 11.6 Å². The van der Waals surface area contributed by atoms with Crippen LogP contribution in [0.2, 0.25) is 0 Å². The minimum Gasteiger partial charge on any atom is -0.503 e. The van der Waals surface area contributed by atoms with Crippen molar-refractivity contribution in [3.8, 4) is 17.7 Å². The Kier molecular flexibility index (Phi) is 3.22. The van der Waals surface area contributed by atoms with Crippen LogP contribution in [0.1, 0.15) is 11.1 Å². The van der Waals surface area contributed by atoms with Gasteiger partial charge >= 0.3 is 0 Å². The molecule has 0 spiro atoms. The Balaban J connectivity index is 2.08. The SMILES string of the molecule is N#Cc1cnc(OCc2ccccc2)c(O)c1. The Morgan fingerprint density at radius 2 is 2.06 bits per heavy atom. The van der Waals surface area contributed by atoms with Gasteiger partial charge in [-0.05, 0) is 5.56 Å². The van der Waals surface area contributed by atoms with Gasteiger partial charge in [-0.25, -0.2) is 4.98 Å². The Labute approximate surface area is 98.7 Å². The van der Waals surface area contributed by atoms with E-state index in [4.69, 9.17) is 10.00 Å². The lowest BCUT2D eigenvalue weighted by atomic mass is 10.2. The molecule has 1 heterocycles. The predicted octanol–water partition coefficient (Wildman–Crippen LogP) is 2.24. The zero-order valence-corrected chi connectivity index (χ0v) is 9.00. The molecule has 0 atom stereocenters. The fraction of sp³-hybridized carbons (Fsp3) is 0.0769. The summed E-state index contributed by atoms with van der Waals surface area (Å²) in [5, 5.41) is 18.2. The second-order valence-electron chi connectivity index (χ2n) is 3.43. The highest BCUT2D eigenvalue weighted by atomic mass is 16.5. The van der Waals surface area contributed by atoms with Crippen LogP contribution in [-0.4, -0.2) is 10.1 Å². The van der Waals surface area contributed by atoms with E-state index in [1.54, 1.807) is 0 Å². The van der Waals surface area contributed by atoms with Crippen molar-refractivity contribution >= 4 is 0 Å². The second kappa shape index (κ2) is 4.99. The molecule has 4 heteroatoms. The molecule has 0 saturated carbocycles. The average molecular weight is 226 g/mol.